The number of hydrogen-bond donors (Lipinski definition) is 6. The van der Waals surface area contributed by atoms with Crippen molar-refractivity contribution in [2.45, 2.75) is 104 Å². The number of hydrogen-bond acceptors (Lipinski definition) is 8. The van der Waals surface area contributed by atoms with Crippen LogP contribution >= 0.6 is 0 Å². The van der Waals surface area contributed by atoms with E-state index >= 15 is 0 Å². The molecule has 0 aliphatic rings. The number of carbonyl (C=O) groups excluding carboxylic acids is 5. The summed E-state index contributed by atoms with van der Waals surface area (Å²) in [7, 11) is 0. The molecule has 0 spiro atoms. The molecule has 0 saturated carbocycles. The fourth-order valence-corrected chi connectivity index (χ4v) is 5.80. The monoisotopic (exact) mass is 744 g/mol. The molecule has 54 heavy (non-hydrogen) atoms. The van der Waals surface area contributed by atoms with Crippen LogP contribution in [0.1, 0.15) is 77.2 Å². The predicted molar refractivity (Wildman–Crippen MR) is 205 cm³/mol. The van der Waals surface area contributed by atoms with Crippen molar-refractivity contribution in [2.75, 3.05) is 0 Å². The lowest BCUT2D eigenvalue weighted by Crippen LogP contribution is -2.57. The van der Waals surface area contributed by atoms with Gasteiger partial charge in [-0.25, -0.2) is 4.79 Å². The molecule has 3 rings (SSSR count). The second-order valence-electron chi connectivity index (χ2n) is 14.4. The van der Waals surface area contributed by atoms with E-state index < -0.39 is 78.3 Å². The van der Waals surface area contributed by atoms with Crippen LogP contribution < -0.4 is 21.3 Å². The molecule has 292 valence electrons. The maximum absolute atomic E-state index is 13.7. The molecule has 12 nitrogen and oxygen atoms in total. The minimum atomic E-state index is -1.50. The van der Waals surface area contributed by atoms with Crippen molar-refractivity contribution in [3.05, 3.63) is 108 Å². The standard InChI is InChI=1S/C42H56N4O8/c1-7-28(6)37(40(51)46-36(27(4)5)42(53)54-25-30-19-13-9-14-20-30)44-34(48)24-33(47)32(23-29-17-11-8-12-18-29)43-39(50)35(26(2)3)45-41(52)38(49)31-21-15-10-16-22-31/h8-22,26-28,32-33,35-38,47,49H,7,23-25H2,1-6H3,(H,43,50)(H,44,48)(H,45,52)(H,46,51)/t28-,32-,33-,35?,36?,37-,38-/m0/s1. The van der Waals surface area contributed by atoms with Crippen LogP contribution in [0.2, 0.25) is 0 Å². The van der Waals surface area contributed by atoms with Crippen LogP contribution in [-0.2, 0) is 41.7 Å². The van der Waals surface area contributed by atoms with Crippen molar-refractivity contribution < 1.29 is 38.9 Å². The van der Waals surface area contributed by atoms with Crippen LogP contribution in [0.25, 0.3) is 0 Å². The summed E-state index contributed by atoms with van der Waals surface area (Å²) in [5.74, 6) is -4.20. The van der Waals surface area contributed by atoms with Gasteiger partial charge in [-0.2, -0.15) is 0 Å². The van der Waals surface area contributed by atoms with Gasteiger partial charge >= 0.3 is 5.97 Å². The molecule has 3 aromatic rings. The molecule has 0 fully saturated rings. The quantitative estimate of drug-likeness (QED) is 0.0946. The average Bonchev–Trinajstić information content (AvgIpc) is 3.16. The molecule has 6 N–H and O–H groups in total. The van der Waals surface area contributed by atoms with E-state index in [2.05, 4.69) is 21.3 Å². The Hall–Kier alpha value is -5.07. The van der Waals surface area contributed by atoms with Crippen LogP contribution in [-0.4, -0.2) is 70.1 Å². The maximum Gasteiger partial charge on any atom is 0.329 e. The van der Waals surface area contributed by atoms with Crippen molar-refractivity contribution in [2.24, 2.45) is 17.8 Å². The number of aliphatic hydroxyl groups is 2. The average molecular weight is 745 g/mol. The summed E-state index contributed by atoms with van der Waals surface area (Å²) in [5, 5.41) is 33.0. The summed E-state index contributed by atoms with van der Waals surface area (Å²) in [4.78, 5) is 66.9. The normalized spacial score (nSPS) is 15.1. The molecule has 3 aromatic carbocycles. The molecule has 0 aliphatic carbocycles. The second kappa shape index (κ2) is 21.6. The Morgan fingerprint density at radius 1 is 0.611 bits per heavy atom. The molecule has 7 atom stereocenters. The fourth-order valence-electron chi connectivity index (χ4n) is 5.80. The van der Waals surface area contributed by atoms with Crippen LogP contribution in [0.5, 0.6) is 0 Å². The summed E-state index contributed by atoms with van der Waals surface area (Å²) in [6, 6.07) is 22.6. The summed E-state index contributed by atoms with van der Waals surface area (Å²) in [6.07, 6.45) is -2.68. The van der Waals surface area contributed by atoms with Gasteiger partial charge in [0.1, 0.15) is 24.7 Å². The third kappa shape index (κ3) is 13.4. The highest BCUT2D eigenvalue weighted by molar-refractivity contribution is 5.92. The highest BCUT2D eigenvalue weighted by Crippen LogP contribution is 2.16. The fraction of sp³-hybridized carbons (Fsp3) is 0.452. The SMILES string of the molecule is CC[C@H](C)[C@H](NC(=O)C[C@H](O)[C@H](Cc1ccccc1)NC(=O)C(NC(=O)[C@@H](O)c1ccccc1)C(C)C)C(=O)NC(C(=O)OCc1ccccc1)C(C)C. The third-order valence-corrected chi connectivity index (χ3v) is 9.35. The summed E-state index contributed by atoms with van der Waals surface area (Å²) < 4.78 is 5.50. The number of benzene rings is 3. The zero-order valence-electron chi connectivity index (χ0n) is 32.0. The van der Waals surface area contributed by atoms with E-state index in [0.717, 1.165) is 11.1 Å². The first kappa shape index (κ1) is 43.3. The Morgan fingerprint density at radius 2 is 1.11 bits per heavy atom. The molecule has 4 amide bonds. The Labute approximate surface area is 318 Å². The number of rotatable bonds is 20. The van der Waals surface area contributed by atoms with Gasteiger partial charge in [0, 0.05) is 0 Å². The topological polar surface area (TPSA) is 183 Å². The molecule has 0 bridgehead atoms. The van der Waals surface area contributed by atoms with E-state index in [9.17, 15) is 34.2 Å². The molecular formula is C42H56N4O8. The molecule has 0 aliphatic heterocycles. The second-order valence-corrected chi connectivity index (χ2v) is 14.4. The first-order chi connectivity index (χ1) is 25.7. The van der Waals surface area contributed by atoms with Crippen molar-refractivity contribution >= 4 is 29.6 Å². The predicted octanol–water partition coefficient (Wildman–Crippen LogP) is 3.75. The number of amides is 4. The number of esters is 1. The maximum atomic E-state index is 13.7. The molecular weight excluding hydrogens is 688 g/mol. The van der Waals surface area contributed by atoms with E-state index in [-0.39, 0.29) is 24.9 Å². The molecule has 12 heteroatoms. The van der Waals surface area contributed by atoms with E-state index in [0.29, 0.717) is 12.0 Å². The van der Waals surface area contributed by atoms with E-state index in [1.165, 1.54) is 0 Å². The lowest BCUT2D eigenvalue weighted by molar-refractivity contribution is -0.150. The van der Waals surface area contributed by atoms with Gasteiger partial charge in [-0.3, -0.25) is 19.2 Å². The van der Waals surface area contributed by atoms with Gasteiger partial charge in [0.15, 0.2) is 6.10 Å². The Morgan fingerprint density at radius 3 is 1.65 bits per heavy atom. The smallest absolute Gasteiger partial charge is 0.329 e. The minimum absolute atomic E-state index is 0.0444. The van der Waals surface area contributed by atoms with E-state index in [1.807, 2.05) is 67.6 Å². The first-order valence-corrected chi connectivity index (χ1v) is 18.6. The van der Waals surface area contributed by atoms with Gasteiger partial charge < -0.3 is 36.2 Å². The van der Waals surface area contributed by atoms with Crippen molar-refractivity contribution in [3.8, 4) is 0 Å². The Balaban J connectivity index is 1.73. The van der Waals surface area contributed by atoms with Gasteiger partial charge in [0.05, 0.1) is 18.6 Å². The number of carbonyl (C=O) groups is 5. The van der Waals surface area contributed by atoms with Crippen LogP contribution in [0.3, 0.4) is 0 Å². The van der Waals surface area contributed by atoms with Crippen molar-refractivity contribution in [1.82, 2.24) is 21.3 Å². The number of ether oxygens (including phenoxy) is 1. The summed E-state index contributed by atoms with van der Waals surface area (Å²) >= 11 is 0. The third-order valence-electron chi connectivity index (χ3n) is 9.35. The zero-order valence-corrected chi connectivity index (χ0v) is 32.0. The molecule has 0 saturated heterocycles. The van der Waals surface area contributed by atoms with Gasteiger partial charge in [-0.1, -0.05) is 139 Å². The zero-order chi connectivity index (χ0) is 39.8. The largest absolute Gasteiger partial charge is 0.459 e. The number of nitrogens with one attached hydrogen (secondary N) is 4. The lowest BCUT2D eigenvalue weighted by Gasteiger charge is -2.30. The molecule has 0 radical (unpaired) electrons. The van der Waals surface area contributed by atoms with E-state index in [4.69, 9.17) is 4.74 Å². The summed E-state index contributed by atoms with van der Waals surface area (Å²) in [5.41, 5.74) is 1.95. The Bertz CT molecular complexity index is 1640. The van der Waals surface area contributed by atoms with Crippen LogP contribution in [0.15, 0.2) is 91.0 Å². The Kier molecular flexibility index (Phi) is 17.3. The molecule has 2 unspecified atom stereocenters. The lowest BCUT2D eigenvalue weighted by atomic mass is 9.95. The van der Waals surface area contributed by atoms with Crippen LogP contribution in [0.4, 0.5) is 0 Å². The molecule has 0 aromatic heterocycles. The molecule has 0 heterocycles. The summed E-state index contributed by atoms with van der Waals surface area (Å²) in [6.45, 7) is 10.8. The van der Waals surface area contributed by atoms with Gasteiger partial charge in [-0.15, -0.1) is 0 Å². The minimum Gasteiger partial charge on any atom is -0.459 e. The van der Waals surface area contributed by atoms with Gasteiger partial charge in [0.2, 0.25) is 17.7 Å². The van der Waals surface area contributed by atoms with Gasteiger partial charge in [-0.05, 0) is 40.9 Å². The highest BCUT2D eigenvalue weighted by Gasteiger charge is 2.35. The first-order valence-electron chi connectivity index (χ1n) is 18.6. The number of aliphatic hydroxyl groups excluding tert-OH is 2. The van der Waals surface area contributed by atoms with Crippen molar-refractivity contribution in [3.63, 3.8) is 0 Å². The highest BCUT2D eigenvalue weighted by atomic mass is 16.5. The van der Waals surface area contributed by atoms with Crippen molar-refractivity contribution in [1.29, 1.82) is 0 Å². The van der Waals surface area contributed by atoms with Gasteiger partial charge in [0.25, 0.3) is 5.91 Å². The van der Waals surface area contributed by atoms with Crippen LogP contribution in [0, 0.1) is 17.8 Å². The van der Waals surface area contributed by atoms with E-state index in [1.54, 1.807) is 65.0 Å².